The maximum Gasteiger partial charge on any atom is 0.234 e. The number of carbonyl (C=O) groups is 1. The molecule has 0 saturated carbocycles. The Labute approximate surface area is 85.4 Å². The average Bonchev–Trinajstić information content (AvgIpc) is 2.12. The predicted molar refractivity (Wildman–Crippen MR) is 57.5 cm³/mol. The van der Waals surface area contributed by atoms with E-state index in [9.17, 15) is 4.79 Å². The van der Waals surface area contributed by atoms with Crippen molar-refractivity contribution in [3.63, 3.8) is 0 Å². The zero-order chi connectivity index (χ0) is 11.0. The first kappa shape index (κ1) is 13.4. The first-order valence-corrected chi connectivity index (χ1v) is 5.06. The number of nitrogens with one attached hydrogen (secondary N) is 1. The summed E-state index contributed by atoms with van der Waals surface area (Å²) in [5.74, 6) is -0.141. The molecule has 0 heterocycles. The average molecular weight is 202 g/mol. The highest BCUT2D eigenvalue weighted by Gasteiger charge is 2.20. The molecule has 0 fully saturated rings. The van der Waals surface area contributed by atoms with Gasteiger partial charge in [-0.25, -0.2) is 0 Å². The van der Waals surface area contributed by atoms with Crippen molar-refractivity contribution in [2.75, 3.05) is 19.6 Å². The molecule has 0 saturated heterocycles. The maximum absolute atomic E-state index is 11.1. The number of primary amides is 1. The molecule has 14 heavy (non-hydrogen) atoms. The molecule has 0 aromatic carbocycles. The Morgan fingerprint density at radius 1 is 1.36 bits per heavy atom. The van der Waals surface area contributed by atoms with Crippen molar-refractivity contribution in [1.82, 2.24) is 5.32 Å². The van der Waals surface area contributed by atoms with Crippen molar-refractivity contribution >= 4 is 5.91 Å². The van der Waals surface area contributed by atoms with Crippen molar-refractivity contribution in [3.05, 3.63) is 0 Å². The van der Waals surface area contributed by atoms with E-state index < -0.39 is 0 Å². The van der Waals surface area contributed by atoms with Crippen LogP contribution in [0.2, 0.25) is 0 Å². The van der Waals surface area contributed by atoms with Crippen LogP contribution >= 0.6 is 0 Å². The number of nitrogens with two attached hydrogens (primary N) is 3. The van der Waals surface area contributed by atoms with Crippen LogP contribution in [-0.2, 0) is 4.79 Å². The third-order valence-electron chi connectivity index (χ3n) is 2.24. The molecule has 0 spiro atoms. The van der Waals surface area contributed by atoms with E-state index in [1.807, 2.05) is 6.92 Å². The van der Waals surface area contributed by atoms with Crippen molar-refractivity contribution in [2.45, 2.75) is 25.8 Å². The van der Waals surface area contributed by atoms with E-state index in [-0.39, 0.29) is 17.9 Å². The van der Waals surface area contributed by atoms with Crippen LogP contribution < -0.4 is 22.5 Å². The molecule has 84 valence electrons. The van der Waals surface area contributed by atoms with Gasteiger partial charge < -0.3 is 22.5 Å². The topological polar surface area (TPSA) is 107 Å². The molecule has 0 aromatic rings. The summed E-state index contributed by atoms with van der Waals surface area (Å²) in [5, 5.41) is 3.09. The Hall–Kier alpha value is -0.650. The molecule has 2 unspecified atom stereocenters. The van der Waals surface area contributed by atoms with Crippen LogP contribution in [-0.4, -0.2) is 31.6 Å². The molecule has 0 aliphatic carbocycles. The molecule has 5 heteroatoms. The van der Waals surface area contributed by atoms with E-state index >= 15 is 0 Å². The van der Waals surface area contributed by atoms with Crippen molar-refractivity contribution in [3.8, 4) is 0 Å². The minimum absolute atomic E-state index is 0.176. The monoisotopic (exact) mass is 202 g/mol. The van der Waals surface area contributed by atoms with Crippen molar-refractivity contribution in [1.29, 1.82) is 0 Å². The van der Waals surface area contributed by atoms with Crippen LogP contribution in [0.25, 0.3) is 0 Å². The largest absolute Gasteiger partial charge is 0.368 e. The van der Waals surface area contributed by atoms with Crippen LogP contribution in [0, 0.1) is 5.92 Å². The van der Waals surface area contributed by atoms with Crippen LogP contribution in [0.3, 0.4) is 0 Å². The number of hydrogen-bond donors (Lipinski definition) is 4. The van der Waals surface area contributed by atoms with Gasteiger partial charge >= 0.3 is 0 Å². The molecule has 0 aromatic heterocycles. The van der Waals surface area contributed by atoms with Crippen LogP contribution in [0.5, 0.6) is 0 Å². The Bertz CT molecular complexity index is 163. The zero-order valence-corrected chi connectivity index (χ0v) is 8.83. The second-order valence-electron chi connectivity index (χ2n) is 3.53. The molecule has 2 atom stereocenters. The second kappa shape index (κ2) is 7.73. The SMILES string of the molecule is CC(CCN)C(NCCCN)C(N)=O. The lowest BCUT2D eigenvalue weighted by Gasteiger charge is -2.21. The van der Waals surface area contributed by atoms with Gasteiger partial charge in [-0.1, -0.05) is 6.92 Å². The van der Waals surface area contributed by atoms with Gasteiger partial charge in [0.2, 0.25) is 5.91 Å². The fourth-order valence-electron chi connectivity index (χ4n) is 1.37. The lowest BCUT2D eigenvalue weighted by atomic mass is 9.97. The summed E-state index contributed by atoms with van der Waals surface area (Å²) in [5.41, 5.74) is 16.0. The van der Waals surface area contributed by atoms with Gasteiger partial charge in [-0.3, -0.25) is 4.79 Å². The number of rotatable bonds is 8. The molecule has 0 aliphatic rings. The molecule has 7 N–H and O–H groups in total. The first-order valence-electron chi connectivity index (χ1n) is 5.06. The highest BCUT2D eigenvalue weighted by Crippen LogP contribution is 2.06. The normalized spacial score (nSPS) is 15.1. The summed E-state index contributed by atoms with van der Waals surface area (Å²) in [6.07, 6.45) is 1.64. The summed E-state index contributed by atoms with van der Waals surface area (Å²) in [6, 6.07) is -0.287. The lowest BCUT2D eigenvalue weighted by Crippen LogP contribution is -2.46. The molecule has 0 aliphatic heterocycles. The van der Waals surface area contributed by atoms with Crippen molar-refractivity contribution in [2.24, 2.45) is 23.1 Å². The smallest absolute Gasteiger partial charge is 0.234 e. The molecule has 1 amide bonds. The predicted octanol–water partition coefficient (Wildman–Crippen LogP) is -1.24. The Morgan fingerprint density at radius 2 is 2.00 bits per heavy atom. The third-order valence-corrected chi connectivity index (χ3v) is 2.24. The van der Waals surface area contributed by atoms with E-state index in [1.54, 1.807) is 0 Å². The lowest BCUT2D eigenvalue weighted by molar-refractivity contribution is -0.121. The highest BCUT2D eigenvalue weighted by atomic mass is 16.1. The van der Waals surface area contributed by atoms with Gasteiger partial charge in [0.05, 0.1) is 6.04 Å². The molecule has 0 rings (SSSR count). The van der Waals surface area contributed by atoms with E-state index in [4.69, 9.17) is 17.2 Å². The van der Waals surface area contributed by atoms with E-state index in [0.29, 0.717) is 13.1 Å². The Kier molecular flexibility index (Phi) is 7.37. The summed E-state index contributed by atoms with van der Waals surface area (Å²) >= 11 is 0. The first-order chi connectivity index (χ1) is 6.63. The van der Waals surface area contributed by atoms with E-state index in [1.165, 1.54) is 0 Å². The Balaban J connectivity index is 3.94. The van der Waals surface area contributed by atoms with E-state index in [0.717, 1.165) is 19.4 Å². The van der Waals surface area contributed by atoms with Gasteiger partial charge in [-0.15, -0.1) is 0 Å². The summed E-state index contributed by atoms with van der Waals surface area (Å²) < 4.78 is 0. The number of amides is 1. The fraction of sp³-hybridized carbons (Fsp3) is 0.889. The van der Waals surface area contributed by atoms with Gasteiger partial charge in [-0.05, 0) is 38.4 Å². The quantitative estimate of drug-likeness (QED) is 0.369. The van der Waals surface area contributed by atoms with Gasteiger partial charge in [-0.2, -0.15) is 0 Å². The number of carbonyl (C=O) groups excluding carboxylic acids is 1. The molecule has 5 nitrogen and oxygen atoms in total. The Morgan fingerprint density at radius 3 is 2.43 bits per heavy atom. The molecule has 0 radical (unpaired) electrons. The minimum Gasteiger partial charge on any atom is -0.368 e. The second-order valence-corrected chi connectivity index (χ2v) is 3.53. The van der Waals surface area contributed by atoms with E-state index in [2.05, 4.69) is 5.32 Å². The number of hydrogen-bond acceptors (Lipinski definition) is 4. The maximum atomic E-state index is 11.1. The van der Waals surface area contributed by atoms with Gasteiger partial charge in [0.25, 0.3) is 0 Å². The van der Waals surface area contributed by atoms with Gasteiger partial charge in [0.1, 0.15) is 0 Å². The fourth-order valence-corrected chi connectivity index (χ4v) is 1.37. The summed E-state index contributed by atoms with van der Waals surface area (Å²) in [6.45, 7) is 3.88. The van der Waals surface area contributed by atoms with Crippen LogP contribution in [0.4, 0.5) is 0 Å². The molecular formula is C9H22N4O. The summed E-state index contributed by atoms with van der Waals surface area (Å²) in [4.78, 5) is 11.1. The van der Waals surface area contributed by atoms with Gasteiger partial charge in [0, 0.05) is 0 Å². The molecular weight excluding hydrogens is 180 g/mol. The zero-order valence-electron chi connectivity index (χ0n) is 8.83. The summed E-state index contributed by atoms with van der Waals surface area (Å²) in [7, 11) is 0. The van der Waals surface area contributed by atoms with Crippen LogP contribution in [0.1, 0.15) is 19.8 Å². The standard InChI is InChI=1S/C9H22N4O/c1-7(3-5-11)8(9(12)14)13-6-2-4-10/h7-8,13H,2-6,10-11H2,1H3,(H2,12,14). The van der Waals surface area contributed by atoms with Crippen molar-refractivity contribution < 1.29 is 4.79 Å². The van der Waals surface area contributed by atoms with Gasteiger partial charge in [0.15, 0.2) is 0 Å². The highest BCUT2D eigenvalue weighted by molar-refractivity contribution is 5.80. The van der Waals surface area contributed by atoms with Crippen LogP contribution in [0.15, 0.2) is 0 Å². The third kappa shape index (κ3) is 5.16. The minimum atomic E-state index is -0.317. The molecule has 0 bridgehead atoms.